The largest absolute Gasteiger partial charge is 0.379 e. The van der Waals surface area contributed by atoms with Crippen molar-refractivity contribution in [3.05, 3.63) is 35.9 Å². The zero-order chi connectivity index (χ0) is 10.1. The van der Waals surface area contributed by atoms with E-state index in [1.807, 2.05) is 0 Å². The molecule has 0 saturated carbocycles. The molecule has 1 aromatic rings. The Hall–Kier alpha value is -0.640. The summed E-state index contributed by atoms with van der Waals surface area (Å²) in [5.74, 6) is 1.18. The van der Waals surface area contributed by atoms with E-state index in [-0.39, 0.29) is 0 Å². The van der Waals surface area contributed by atoms with Crippen molar-refractivity contribution in [3.8, 4) is 0 Å². The normalized spacial score (nSPS) is 9.31. The van der Waals surface area contributed by atoms with Crippen LogP contribution in [0.5, 0.6) is 0 Å². The van der Waals surface area contributed by atoms with Crippen LogP contribution >= 0.6 is 0 Å². The van der Waals surface area contributed by atoms with Gasteiger partial charge in [0.25, 0.3) is 0 Å². The number of rotatable bonds is 2. The molecule has 74 valence electrons. The molecule has 0 bridgehead atoms. The van der Waals surface area contributed by atoms with Crippen LogP contribution in [0.4, 0.5) is 13.2 Å². The van der Waals surface area contributed by atoms with Crippen LogP contribution in [0.3, 0.4) is 0 Å². The molecule has 0 amide bonds. The molecule has 0 N–H and O–H groups in total. The lowest BCUT2D eigenvalue weighted by Gasteiger charge is -1.88. The van der Waals surface area contributed by atoms with Crippen LogP contribution in [0.1, 0.15) is 5.56 Å². The van der Waals surface area contributed by atoms with Crippen LogP contribution in [-0.4, -0.2) is 12.9 Å². The van der Waals surface area contributed by atoms with Gasteiger partial charge in [0.05, 0.1) is 6.26 Å². The standard InChI is InChI=1S/C8H10S.CHF3/c1-9-7-8-5-3-2-4-6-8;2-1(3)4/h2-6H,7H2,1H3;1H/p+1. The predicted molar refractivity (Wildman–Crippen MR) is 51.9 cm³/mol. The average molecular weight is 209 g/mol. The first-order valence-electron chi connectivity index (χ1n) is 3.68. The van der Waals surface area contributed by atoms with Crippen LogP contribution in [0.15, 0.2) is 30.3 Å². The third-order valence-corrected chi connectivity index (χ3v) is 1.86. The van der Waals surface area contributed by atoms with Gasteiger partial charge in [0.2, 0.25) is 0 Å². The highest BCUT2D eigenvalue weighted by Gasteiger charge is 1.90. The van der Waals surface area contributed by atoms with Crippen LogP contribution < -0.4 is 0 Å². The number of hydrogen-bond acceptors (Lipinski definition) is 0. The molecule has 0 fully saturated rings. The van der Waals surface area contributed by atoms with E-state index in [2.05, 4.69) is 36.6 Å². The molecule has 0 saturated heterocycles. The van der Waals surface area contributed by atoms with E-state index in [1.54, 1.807) is 0 Å². The maximum atomic E-state index is 9.67. The predicted octanol–water partition coefficient (Wildman–Crippen LogP) is 2.81. The smallest absolute Gasteiger partial charge is 0.174 e. The van der Waals surface area contributed by atoms with Crippen molar-refractivity contribution < 1.29 is 13.2 Å². The molecule has 0 radical (unpaired) electrons. The topological polar surface area (TPSA) is 0 Å². The van der Waals surface area contributed by atoms with Crippen molar-refractivity contribution in [1.29, 1.82) is 0 Å². The minimum absolute atomic E-state index is 1.18. The summed E-state index contributed by atoms with van der Waals surface area (Å²) in [7, 11) is 0. The molecule has 0 aliphatic rings. The summed E-state index contributed by atoms with van der Waals surface area (Å²) in [5.41, 5.74) is 1.43. The van der Waals surface area contributed by atoms with E-state index in [1.165, 1.54) is 23.1 Å². The second kappa shape index (κ2) is 7.98. The molecule has 0 atom stereocenters. The zero-order valence-electron chi connectivity index (χ0n) is 7.25. The van der Waals surface area contributed by atoms with Crippen LogP contribution in [0.25, 0.3) is 0 Å². The van der Waals surface area contributed by atoms with E-state index in [0.29, 0.717) is 0 Å². The zero-order valence-corrected chi connectivity index (χ0v) is 8.15. The van der Waals surface area contributed by atoms with Crippen LogP contribution in [0.2, 0.25) is 0 Å². The van der Waals surface area contributed by atoms with Crippen molar-refractivity contribution in [3.63, 3.8) is 0 Å². The molecule has 0 aromatic heterocycles. The van der Waals surface area contributed by atoms with Gasteiger partial charge < -0.3 is 0 Å². The maximum absolute atomic E-state index is 9.67. The molecule has 13 heavy (non-hydrogen) atoms. The van der Waals surface area contributed by atoms with Crippen LogP contribution in [0, 0.1) is 0 Å². The van der Waals surface area contributed by atoms with Gasteiger partial charge >= 0.3 is 6.68 Å². The van der Waals surface area contributed by atoms with Crippen molar-refractivity contribution in [2.24, 2.45) is 0 Å². The highest BCUT2D eigenvalue weighted by Crippen LogP contribution is 1.98. The first kappa shape index (κ1) is 12.4. The fourth-order valence-corrected chi connectivity index (χ4v) is 1.34. The summed E-state index contributed by atoms with van der Waals surface area (Å²) in [6.07, 6.45) is 2.17. The molecule has 0 heterocycles. The van der Waals surface area contributed by atoms with Gasteiger partial charge in [0, 0.05) is 5.56 Å². The van der Waals surface area contributed by atoms with Crippen LogP contribution in [-0.2, 0) is 17.5 Å². The number of alkyl halides is 3. The van der Waals surface area contributed by atoms with Gasteiger partial charge in [-0.15, -0.1) is 0 Å². The molecular formula is C9H12F3S+. The van der Waals surface area contributed by atoms with Crippen molar-refractivity contribution >= 4 is 11.8 Å². The Labute approximate surface area is 80.2 Å². The molecule has 4 heteroatoms. The molecule has 1 aromatic carbocycles. The van der Waals surface area contributed by atoms with Gasteiger partial charge in [0.1, 0.15) is 5.75 Å². The minimum Gasteiger partial charge on any atom is -0.174 e. The quantitative estimate of drug-likeness (QED) is 0.519. The molecule has 0 aliphatic carbocycles. The van der Waals surface area contributed by atoms with E-state index >= 15 is 0 Å². The van der Waals surface area contributed by atoms with Gasteiger partial charge in [-0.05, 0) is 11.8 Å². The van der Waals surface area contributed by atoms with Crippen molar-refractivity contribution in [1.82, 2.24) is 0 Å². The third kappa shape index (κ3) is 9.27. The molecule has 0 nitrogen and oxygen atoms in total. The molecule has 0 unspecified atom stereocenters. The summed E-state index contributed by atoms with van der Waals surface area (Å²) in [5, 5.41) is 0. The summed E-state index contributed by atoms with van der Waals surface area (Å²) in [6, 6.07) is 10.5. The Kier molecular flexibility index (Phi) is 7.59. The second-order valence-electron chi connectivity index (χ2n) is 2.21. The van der Waals surface area contributed by atoms with E-state index in [0.717, 1.165) is 0 Å². The Morgan fingerprint density at radius 2 is 1.62 bits per heavy atom. The van der Waals surface area contributed by atoms with Crippen molar-refractivity contribution in [2.45, 2.75) is 12.4 Å². The molecular weight excluding hydrogens is 197 g/mol. The number of hydrogen-bond donors (Lipinski definition) is 0. The first-order valence-corrected chi connectivity index (χ1v) is 5.21. The van der Waals surface area contributed by atoms with Gasteiger partial charge in [-0.3, -0.25) is 0 Å². The van der Waals surface area contributed by atoms with E-state index < -0.39 is 6.68 Å². The SMILES string of the molecule is C[SH+]Cc1ccccc1.FC(F)F. The lowest BCUT2D eigenvalue weighted by Crippen LogP contribution is -1.82. The molecule has 1 rings (SSSR count). The number of thiol groups is 1. The maximum Gasteiger partial charge on any atom is 0.379 e. The number of halogens is 3. The Balaban J connectivity index is 0.000000310. The monoisotopic (exact) mass is 209 g/mol. The Morgan fingerprint density at radius 3 is 2.00 bits per heavy atom. The van der Waals surface area contributed by atoms with Gasteiger partial charge in [-0.25, -0.2) is 0 Å². The second-order valence-corrected chi connectivity index (χ2v) is 3.16. The summed E-state index contributed by atoms with van der Waals surface area (Å²) < 4.78 is 29.0. The van der Waals surface area contributed by atoms with Crippen molar-refractivity contribution in [2.75, 3.05) is 6.26 Å². The van der Waals surface area contributed by atoms with Gasteiger partial charge in [0.15, 0.2) is 0 Å². The third-order valence-electron chi connectivity index (χ3n) is 1.18. The fourth-order valence-electron chi connectivity index (χ4n) is 0.766. The summed E-state index contributed by atoms with van der Waals surface area (Å²) >= 11 is 1.44. The van der Waals surface area contributed by atoms with Gasteiger partial charge in [-0.2, -0.15) is 13.2 Å². The average Bonchev–Trinajstić information content (AvgIpc) is 2.06. The highest BCUT2D eigenvalue weighted by molar-refractivity contribution is 7.76. The Morgan fingerprint density at radius 1 is 1.15 bits per heavy atom. The highest BCUT2D eigenvalue weighted by atomic mass is 32.2. The molecule has 0 spiro atoms. The lowest BCUT2D eigenvalue weighted by atomic mass is 10.2. The fraction of sp³-hybridized carbons (Fsp3) is 0.333. The summed E-state index contributed by atoms with van der Waals surface area (Å²) in [6.45, 7) is -3.67. The molecule has 0 aliphatic heterocycles. The summed E-state index contributed by atoms with van der Waals surface area (Å²) in [4.78, 5) is 0. The van der Waals surface area contributed by atoms with Gasteiger partial charge in [-0.1, -0.05) is 30.3 Å². The van der Waals surface area contributed by atoms with E-state index in [9.17, 15) is 13.2 Å². The first-order chi connectivity index (χ1) is 6.16. The Bertz CT molecular complexity index is 199. The number of benzene rings is 1. The van der Waals surface area contributed by atoms with E-state index in [4.69, 9.17) is 0 Å². The lowest BCUT2D eigenvalue weighted by molar-refractivity contribution is 0.00819. The minimum atomic E-state index is -3.67.